The van der Waals surface area contributed by atoms with Crippen molar-refractivity contribution >= 4 is 10.8 Å². The summed E-state index contributed by atoms with van der Waals surface area (Å²) in [5, 5.41) is 10.9. The fourth-order valence-electron chi connectivity index (χ4n) is 1.94. The molecule has 0 heterocycles. The van der Waals surface area contributed by atoms with Crippen LogP contribution in [-0.4, -0.2) is 25.0 Å². The zero-order chi connectivity index (χ0) is 14.2. The molecule has 0 saturated carbocycles. The maximum Gasteiger partial charge on any atom is 0.135 e. The van der Waals surface area contributed by atoms with Gasteiger partial charge in [0.15, 0.2) is 0 Å². The molecule has 0 aromatic heterocycles. The summed E-state index contributed by atoms with van der Waals surface area (Å²) in [5.74, 6) is 6.64. The highest BCUT2D eigenvalue weighted by Crippen LogP contribution is 2.27. The van der Waals surface area contributed by atoms with Gasteiger partial charge in [0.2, 0.25) is 0 Å². The van der Waals surface area contributed by atoms with Gasteiger partial charge in [0.25, 0.3) is 0 Å². The fourth-order valence-corrected chi connectivity index (χ4v) is 1.94. The van der Waals surface area contributed by atoms with Gasteiger partial charge in [-0.1, -0.05) is 42.2 Å². The summed E-state index contributed by atoms with van der Waals surface area (Å²) in [6.45, 7) is -0.0154. The second-order valence-corrected chi connectivity index (χ2v) is 4.33. The SMILES string of the molecule is OCCC#Cc1c(OCCCF)ccc2ccccc12. The first-order valence-corrected chi connectivity index (χ1v) is 6.67. The lowest BCUT2D eigenvalue weighted by Gasteiger charge is -2.10. The topological polar surface area (TPSA) is 29.5 Å². The number of ether oxygens (including phenoxy) is 1. The lowest BCUT2D eigenvalue weighted by atomic mass is 10.0. The van der Waals surface area contributed by atoms with Crippen molar-refractivity contribution in [1.29, 1.82) is 0 Å². The van der Waals surface area contributed by atoms with Gasteiger partial charge in [-0.2, -0.15) is 0 Å². The molecule has 0 bridgehead atoms. The molecule has 20 heavy (non-hydrogen) atoms. The van der Waals surface area contributed by atoms with E-state index in [0.717, 1.165) is 16.3 Å². The summed E-state index contributed by atoms with van der Waals surface area (Å²) in [6.07, 6.45) is 0.795. The molecule has 0 saturated heterocycles. The van der Waals surface area contributed by atoms with E-state index in [4.69, 9.17) is 9.84 Å². The average Bonchev–Trinajstić information content (AvgIpc) is 2.49. The maximum atomic E-state index is 12.2. The van der Waals surface area contributed by atoms with Crippen LogP contribution in [0.2, 0.25) is 0 Å². The lowest BCUT2D eigenvalue weighted by molar-refractivity contribution is 0.289. The van der Waals surface area contributed by atoms with Crippen molar-refractivity contribution in [3.05, 3.63) is 42.0 Å². The van der Waals surface area contributed by atoms with Crippen LogP contribution in [0.4, 0.5) is 4.39 Å². The Morgan fingerprint density at radius 3 is 2.80 bits per heavy atom. The predicted octanol–water partition coefficient (Wildman–Crippen LogP) is 3.31. The smallest absolute Gasteiger partial charge is 0.135 e. The van der Waals surface area contributed by atoms with Gasteiger partial charge in [-0.15, -0.1) is 0 Å². The maximum absolute atomic E-state index is 12.2. The van der Waals surface area contributed by atoms with E-state index in [0.29, 0.717) is 25.2 Å². The number of halogens is 1. The molecule has 1 N–H and O–H groups in total. The second kappa shape index (κ2) is 7.52. The number of hydrogen-bond acceptors (Lipinski definition) is 2. The summed E-state index contributed by atoms with van der Waals surface area (Å²) in [7, 11) is 0. The molecule has 0 radical (unpaired) electrons. The van der Waals surface area contributed by atoms with Gasteiger partial charge >= 0.3 is 0 Å². The molecule has 0 unspecified atom stereocenters. The number of fused-ring (bicyclic) bond motifs is 1. The molecule has 3 heteroatoms. The molecule has 0 aliphatic heterocycles. The van der Waals surface area contributed by atoms with E-state index in [-0.39, 0.29) is 13.3 Å². The number of alkyl halides is 1. The van der Waals surface area contributed by atoms with Crippen molar-refractivity contribution in [2.45, 2.75) is 12.8 Å². The van der Waals surface area contributed by atoms with Gasteiger partial charge < -0.3 is 9.84 Å². The molecule has 0 aliphatic carbocycles. The Labute approximate surface area is 118 Å². The van der Waals surface area contributed by atoms with Crippen LogP contribution in [0, 0.1) is 11.8 Å². The molecular formula is C17H17FO2. The van der Waals surface area contributed by atoms with E-state index in [2.05, 4.69) is 11.8 Å². The standard InChI is InChI=1S/C17H17FO2/c18-11-5-13-20-17-10-9-14-6-1-2-7-15(14)16(17)8-3-4-12-19/h1-2,6-7,9-10,19H,4-5,11-13H2. The first kappa shape index (κ1) is 14.4. The van der Waals surface area contributed by atoms with Gasteiger partial charge in [-0.25, -0.2) is 0 Å². The van der Waals surface area contributed by atoms with Crippen molar-refractivity contribution in [2.24, 2.45) is 0 Å². The van der Waals surface area contributed by atoms with Gasteiger partial charge in [-0.05, 0) is 11.5 Å². The summed E-state index contributed by atoms with van der Waals surface area (Å²) in [5.41, 5.74) is 0.801. The Hall–Kier alpha value is -2.05. The molecule has 0 fully saturated rings. The van der Waals surface area contributed by atoms with Crippen molar-refractivity contribution in [3.8, 4) is 17.6 Å². The average molecular weight is 272 g/mol. The largest absolute Gasteiger partial charge is 0.492 e. The van der Waals surface area contributed by atoms with Crippen molar-refractivity contribution < 1.29 is 14.2 Å². The number of rotatable bonds is 5. The normalized spacial score (nSPS) is 10.1. The quantitative estimate of drug-likeness (QED) is 0.668. The lowest BCUT2D eigenvalue weighted by Crippen LogP contribution is -2.00. The molecule has 0 spiro atoms. The molecule has 2 aromatic carbocycles. The minimum Gasteiger partial charge on any atom is -0.492 e. The Balaban J connectivity index is 2.40. The van der Waals surface area contributed by atoms with E-state index in [9.17, 15) is 4.39 Å². The molecule has 0 atom stereocenters. The third kappa shape index (κ3) is 3.49. The van der Waals surface area contributed by atoms with Gasteiger partial charge in [0.05, 0.1) is 25.5 Å². The molecule has 2 rings (SSSR count). The van der Waals surface area contributed by atoms with E-state index < -0.39 is 0 Å². The van der Waals surface area contributed by atoms with Gasteiger partial charge in [0, 0.05) is 18.2 Å². The van der Waals surface area contributed by atoms with Crippen LogP contribution in [0.25, 0.3) is 10.8 Å². The Morgan fingerprint density at radius 2 is 2.00 bits per heavy atom. The first-order chi connectivity index (χ1) is 9.86. The number of hydrogen-bond donors (Lipinski definition) is 1. The van der Waals surface area contributed by atoms with Crippen LogP contribution < -0.4 is 4.74 Å². The highest BCUT2D eigenvalue weighted by molar-refractivity contribution is 5.90. The van der Waals surface area contributed by atoms with Crippen molar-refractivity contribution in [3.63, 3.8) is 0 Å². The van der Waals surface area contributed by atoms with E-state index in [1.54, 1.807) is 0 Å². The molecule has 2 aromatic rings. The van der Waals surface area contributed by atoms with E-state index >= 15 is 0 Å². The Bertz CT molecular complexity index is 626. The first-order valence-electron chi connectivity index (χ1n) is 6.67. The molecular weight excluding hydrogens is 255 g/mol. The highest BCUT2D eigenvalue weighted by atomic mass is 19.1. The zero-order valence-electron chi connectivity index (χ0n) is 11.2. The van der Waals surface area contributed by atoms with Crippen LogP contribution >= 0.6 is 0 Å². The molecule has 0 aliphatic rings. The molecule has 104 valence electrons. The number of benzene rings is 2. The summed E-state index contributed by atoms with van der Waals surface area (Å²) in [4.78, 5) is 0. The fraction of sp³-hybridized carbons (Fsp3) is 0.294. The summed E-state index contributed by atoms with van der Waals surface area (Å²) in [6, 6.07) is 11.8. The van der Waals surface area contributed by atoms with Crippen LogP contribution in [0.15, 0.2) is 36.4 Å². The van der Waals surface area contributed by atoms with Crippen molar-refractivity contribution in [2.75, 3.05) is 19.9 Å². The molecule has 2 nitrogen and oxygen atoms in total. The minimum absolute atomic E-state index is 0.0375. The third-order valence-corrected chi connectivity index (χ3v) is 2.88. The third-order valence-electron chi connectivity index (χ3n) is 2.88. The van der Waals surface area contributed by atoms with Crippen molar-refractivity contribution in [1.82, 2.24) is 0 Å². The Morgan fingerprint density at radius 1 is 1.15 bits per heavy atom. The van der Waals surface area contributed by atoms with Gasteiger partial charge in [0.1, 0.15) is 5.75 Å². The highest BCUT2D eigenvalue weighted by Gasteiger charge is 2.06. The van der Waals surface area contributed by atoms with Gasteiger partial charge in [-0.3, -0.25) is 4.39 Å². The monoisotopic (exact) mass is 272 g/mol. The van der Waals surface area contributed by atoms with Crippen LogP contribution in [-0.2, 0) is 0 Å². The van der Waals surface area contributed by atoms with E-state index in [1.807, 2.05) is 36.4 Å². The number of aliphatic hydroxyl groups is 1. The zero-order valence-corrected chi connectivity index (χ0v) is 11.2. The Kier molecular flexibility index (Phi) is 5.40. The second-order valence-electron chi connectivity index (χ2n) is 4.33. The summed E-state index contributed by atoms with van der Waals surface area (Å²) >= 11 is 0. The minimum atomic E-state index is -0.390. The van der Waals surface area contributed by atoms with Crippen LogP contribution in [0.3, 0.4) is 0 Å². The van der Waals surface area contributed by atoms with Crippen LogP contribution in [0.5, 0.6) is 5.75 Å². The van der Waals surface area contributed by atoms with Crippen LogP contribution in [0.1, 0.15) is 18.4 Å². The summed E-state index contributed by atoms with van der Waals surface area (Å²) < 4.78 is 17.8. The molecule has 0 amide bonds. The predicted molar refractivity (Wildman–Crippen MR) is 78.6 cm³/mol. The number of aliphatic hydroxyl groups excluding tert-OH is 1. The van der Waals surface area contributed by atoms with E-state index in [1.165, 1.54) is 0 Å².